The summed E-state index contributed by atoms with van der Waals surface area (Å²) >= 11 is 0. The molecule has 0 fully saturated rings. The third kappa shape index (κ3) is 2.01. The zero-order chi connectivity index (χ0) is 12.4. The van der Waals surface area contributed by atoms with Crippen LogP contribution in [-0.2, 0) is 6.54 Å². The SMILES string of the molecule is CC(C)c1nnn(-c2ccccc2O)c1CN. The van der Waals surface area contributed by atoms with Gasteiger partial charge in [0.1, 0.15) is 11.4 Å². The summed E-state index contributed by atoms with van der Waals surface area (Å²) in [6.07, 6.45) is 0. The van der Waals surface area contributed by atoms with Gasteiger partial charge in [-0.05, 0) is 18.1 Å². The van der Waals surface area contributed by atoms with E-state index in [1.165, 1.54) is 0 Å². The number of hydrogen-bond acceptors (Lipinski definition) is 4. The smallest absolute Gasteiger partial charge is 0.141 e. The second kappa shape index (κ2) is 4.55. The highest BCUT2D eigenvalue weighted by Crippen LogP contribution is 2.24. The van der Waals surface area contributed by atoms with Gasteiger partial charge in [-0.2, -0.15) is 0 Å². The molecule has 0 aliphatic rings. The Bertz CT molecular complexity index is 519. The minimum Gasteiger partial charge on any atom is -0.506 e. The van der Waals surface area contributed by atoms with Crippen LogP contribution in [0.3, 0.4) is 0 Å². The van der Waals surface area contributed by atoms with Crippen molar-refractivity contribution in [3.8, 4) is 11.4 Å². The summed E-state index contributed by atoms with van der Waals surface area (Å²) in [5.41, 5.74) is 8.05. The van der Waals surface area contributed by atoms with E-state index in [1.807, 2.05) is 19.9 Å². The number of para-hydroxylation sites is 2. The largest absolute Gasteiger partial charge is 0.506 e. The molecule has 2 aromatic rings. The molecule has 90 valence electrons. The van der Waals surface area contributed by atoms with Crippen molar-refractivity contribution in [1.29, 1.82) is 0 Å². The quantitative estimate of drug-likeness (QED) is 0.841. The molecule has 1 heterocycles. The topological polar surface area (TPSA) is 77.0 Å². The molecule has 17 heavy (non-hydrogen) atoms. The van der Waals surface area contributed by atoms with Gasteiger partial charge in [0, 0.05) is 6.54 Å². The van der Waals surface area contributed by atoms with Crippen LogP contribution in [0.25, 0.3) is 5.69 Å². The predicted octanol–water partition coefficient (Wildman–Crippen LogP) is 1.55. The molecule has 0 aliphatic heterocycles. The van der Waals surface area contributed by atoms with Gasteiger partial charge in [-0.3, -0.25) is 0 Å². The molecule has 2 rings (SSSR count). The molecular weight excluding hydrogens is 216 g/mol. The van der Waals surface area contributed by atoms with Crippen LogP contribution in [0.4, 0.5) is 0 Å². The van der Waals surface area contributed by atoms with Crippen molar-refractivity contribution in [2.24, 2.45) is 5.73 Å². The van der Waals surface area contributed by atoms with Crippen LogP contribution in [0, 0.1) is 0 Å². The normalized spacial score (nSPS) is 11.1. The Hall–Kier alpha value is -1.88. The van der Waals surface area contributed by atoms with Gasteiger partial charge in [0.25, 0.3) is 0 Å². The van der Waals surface area contributed by atoms with Gasteiger partial charge < -0.3 is 10.8 Å². The fourth-order valence-corrected chi connectivity index (χ4v) is 1.79. The van der Waals surface area contributed by atoms with Crippen molar-refractivity contribution < 1.29 is 5.11 Å². The highest BCUT2D eigenvalue weighted by molar-refractivity contribution is 5.46. The average Bonchev–Trinajstić information content (AvgIpc) is 2.73. The minimum atomic E-state index is 0.169. The molecule has 0 bridgehead atoms. The first-order chi connectivity index (χ1) is 8.15. The molecule has 0 saturated heterocycles. The van der Waals surface area contributed by atoms with Gasteiger partial charge in [-0.1, -0.05) is 31.2 Å². The molecule has 0 aliphatic carbocycles. The van der Waals surface area contributed by atoms with Crippen molar-refractivity contribution in [2.75, 3.05) is 0 Å². The van der Waals surface area contributed by atoms with Crippen molar-refractivity contribution >= 4 is 0 Å². The molecule has 0 unspecified atom stereocenters. The molecule has 0 atom stereocenters. The number of hydrogen-bond donors (Lipinski definition) is 2. The van der Waals surface area contributed by atoms with Gasteiger partial charge in [0.05, 0.1) is 11.4 Å². The van der Waals surface area contributed by atoms with E-state index in [2.05, 4.69) is 10.3 Å². The summed E-state index contributed by atoms with van der Waals surface area (Å²) in [7, 11) is 0. The van der Waals surface area contributed by atoms with Crippen molar-refractivity contribution in [2.45, 2.75) is 26.3 Å². The molecule has 0 radical (unpaired) electrons. The molecule has 5 heteroatoms. The summed E-state index contributed by atoms with van der Waals surface area (Å²) in [6, 6.07) is 7.01. The first kappa shape index (κ1) is 11.6. The number of rotatable bonds is 3. The number of phenols is 1. The summed E-state index contributed by atoms with van der Waals surface area (Å²) < 4.78 is 1.60. The summed E-state index contributed by atoms with van der Waals surface area (Å²) in [5.74, 6) is 0.426. The molecule has 5 nitrogen and oxygen atoms in total. The Morgan fingerprint density at radius 1 is 1.35 bits per heavy atom. The third-order valence-corrected chi connectivity index (χ3v) is 2.64. The monoisotopic (exact) mass is 232 g/mol. The number of phenolic OH excluding ortho intramolecular Hbond substituents is 1. The van der Waals surface area contributed by atoms with E-state index in [0.717, 1.165) is 11.4 Å². The van der Waals surface area contributed by atoms with Crippen LogP contribution in [-0.4, -0.2) is 20.1 Å². The molecule has 0 amide bonds. The Balaban J connectivity index is 2.57. The molecule has 0 spiro atoms. The van der Waals surface area contributed by atoms with E-state index in [-0.39, 0.29) is 11.7 Å². The molecule has 0 saturated carbocycles. The van der Waals surface area contributed by atoms with Gasteiger partial charge >= 0.3 is 0 Å². The lowest BCUT2D eigenvalue weighted by Crippen LogP contribution is -2.09. The Kier molecular flexibility index (Phi) is 3.10. The van der Waals surface area contributed by atoms with Crippen LogP contribution < -0.4 is 5.73 Å². The highest BCUT2D eigenvalue weighted by atomic mass is 16.3. The Morgan fingerprint density at radius 3 is 2.65 bits per heavy atom. The maximum atomic E-state index is 9.80. The Morgan fingerprint density at radius 2 is 2.06 bits per heavy atom. The number of aromatic nitrogens is 3. The standard InChI is InChI=1S/C12H16N4O/c1-8(2)12-10(7-13)16(15-14-12)9-5-3-4-6-11(9)17/h3-6,8,17H,7,13H2,1-2H3. The van der Waals surface area contributed by atoms with Crippen molar-refractivity contribution in [3.05, 3.63) is 35.7 Å². The zero-order valence-electron chi connectivity index (χ0n) is 9.96. The van der Waals surface area contributed by atoms with Crippen molar-refractivity contribution in [1.82, 2.24) is 15.0 Å². The zero-order valence-corrected chi connectivity index (χ0v) is 9.96. The van der Waals surface area contributed by atoms with E-state index in [0.29, 0.717) is 12.2 Å². The summed E-state index contributed by atoms with van der Waals surface area (Å²) in [4.78, 5) is 0. The van der Waals surface area contributed by atoms with Crippen LogP contribution in [0.2, 0.25) is 0 Å². The van der Waals surface area contributed by atoms with E-state index in [1.54, 1.807) is 22.9 Å². The number of nitrogens with two attached hydrogens (primary N) is 1. The minimum absolute atomic E-state index is 0.169. The van der Waals surface area contributed by atoms with Crippen LogP contribution in [0.15, 0.2) is 24.3 Å². The van der Waals surface area contributed by atoms with E-state index in [4.69, 9.17) is 5.73 Å². The van der Waals surface area contributed by atoms with Crippen LogP contribution in [0.1, 0.15) is 31.2 Å². The maximum Gasteiger partial charge on any atom is 0.141 e. The lowest BCUT2D eigenvalue weighted by molar-refractivity contribution is 0.469. The lowest BCUT2D eigenvalue weighted by atomic mass is 10.1. The summed E-state index contributed by atoms with van der Waals surface area (Å²) in [5, 5.41) is 18.0. The van der Waals surface area contributed by atoms with Crippen LogP contribution >= 0.6 is 0 Å². The molecule has 3 N–H and O–H groups in total. The van der Waals surface area contributed by atoms with Crippen molar-refractivity contribution in [3.63, 3.8) is 0 Å². The lowest BCUT2D eigenvalue weighted by Gasteiger charge is -2.08. The predicted molar refractivity (Wildman–Crippen MR) is 65.0 cm³/mol. The first-order valence-electron chi connectivity index (χ1n) is 5.58. The summed E-state index contributed by atoms with van der Waals surface area (Å²) in [6.45, 7) is 4.42. The van der Waals surface area contributed by atoms with Gasteiger partial charge in [0.2, 0.25) is 0 Å². The fourth-order valence-electron chi connectivity index (χ4n) is 1.79. The highest BCUT2D eigenvalue weighted by Gasteiger charge is 2.16. The third-order valence-electron chi connectivity index (χ3n) is 2.64. The molecular formula is C12H16N4O. The first-order valence-corrected chi connectivity index (χ1v) is 5.58. The maximum absolute atomic E-state index is 9.80. The van der Waals surface area contributed by atoms with E-state index < -0.39 is 0 Å². The molecule has 1 aromatic carbocycles. The Labute approximate surface area is 99.9 Å². The van der Waals surface area contributed by atoms with Gasteiger partial charge in [0.15, 0.2) is 0 Å². The second-order valence-corrected chi connectivity index (χ2v) is 4.18. The van der Waals surface area contributed by atoms with E-state index in [9.17, 15) is 5.11 Å². The number of aromatic hydroxyl groups is 1. The average molecular weight is 232 g/mol. The van der Waals surface area contributed by atoms with Crippen LogP contribution in [0.5, 0.6) is 5.75 Å². The van der Waals surface area contributed by atoms with E-state index >= 15 is 0 Å². The van der Waals surface area contributed by atoms with Gasteiger partial charge in [-0.15, -0.1) is 5.10 Å². The number of benzene rings is 1. The molecule has 1 aromatic heterocycles. The fraction of sp³-hybridized carbons (Fsp3) is 0.333. The second-order valence-electron chi connectivity index (χ2n) is 4.18. The number of nitrogens with zero attached hydrogens (tertiary/aromatic N) is 3. The van der Waals surface area contributed by atoms with Gasteiger partial charge in [-0.25, -0.2) is 4.68 Å².